The predicted octanol–water partition coefficient (Wildman–Crippen LogP) is 3.13. The Morgan fingerprint density at radius 2 is 1.94 bits per heavy atom. The van der Waals surface area contributed by atoms with Crippen molar-refractivity contribution in [1.29, 1.82) is 0 Å². The van der Waals surface area contributed by atoms with Crippen LogP contribution in [-0.2, 0) is 11.3 Å². The summed E-state index contributed by atoms with van der Waals surface area (Å²) < 4.78 is 5.45. The molecule has 1 N–H and O–H groups in total. The normalized spacial score (nSPS) is 21.2. The van der Waals surface area contributed by atoms with Crippen LogP contribution < -0.4 is 5.32 Å². The van der Waals surface area contributed by atoms with Crippen molar-refractivity contribution in [2.45, 2.75) is 46.7 Å². The van der Waals surface area contributed by atoms with E-state index in [2.05, 4.69) is 45.1 Å². The lowest BCUT2D eigenvalue weighted by atomic mass is 9.98. The second kappa shape index (κ2) is 5.85. The Labute approximate surface area is 111 Å². The van der Waals surface area contributed by atoms with E-state index in [1.54, 1.807) is 0 Å². The van der Waals surface area contributed by atoms with Gasteiger partial charge in [-0.2, -0.15) is 0 Å². The summed E-state index contributed by atoms with van der Waals surface area (Å²) in [5.41, 5.74) is 5.58. The fraction of sp³-hybridized carbons (Fsp3) is 0.625. The number of benzene rings is 1. The third-order valence-electron chi connectivity index (χ3n) is 4.24. The highest BCUT2D eigenvalue weighted by Crippen LogP contribution is 2.18. The molecule has 2 atom stereocenters. The van der Waals surface area contributed by atoms with Gasteiger partial charge in [0.15, 0.2) is 0 Å². The number of rotatable bonds is 4. The van der Waals surface area contributed by atoms with E-state index >= 15 is 0 Å². The zero-order valence-electron chi connectivity index (χ0n) is 12.0. The van der Waals surface area contributed by atoms with Gasteiger partial charge in [-0.15, -0.1) is 0 Å². The quantitative estimate of drug-likeness (QED) is 0.882. The largest absolute Gasteiger partial charge is 0.381 e. The third kappa shape index (κ3) is 3.12. The molecule has 2 unspecified atom stereocenters. The van der Waals surface area contributed by atoms with E-state index in [0.29, 0.717) is 12.0 Å². The fourth-order valence-corrected chi connectivity index (χ4v) is 2.60. The second-order valence-electron chi connectivity index (χ2n) is 5.66. The molecular formula is C16H25NO. The molecule has 2 nitrogen and oxygen atoms in total. The van der Waals surface area contributed by atoms with Crippen LogP contribution in [0.25, 0.3) is 0 Å². The Balaban J connectivity index is 1.95. The van der Waals surface area contributed by atoms with E-state index in [0.717, 1.165) is 19.8 Å². The first-order chi connectivity index (χ1) is 8.58. The Morgan fingerprint density at radius 1 is 1.22 bits per heavy atom. The van der Waals surface area contributed by atoms with Crippen molar-refractivity contribution in [2.24, 2.45) is 5.92 Å². The molecule has 0 radical (unpaired) electrons. The minimum absolute atomic E-state index is 0.536. The highest BCUT2D eigenvalue weighted by Gasteiger charge is 2.21. The molecule has 1 heterocycles. The van der Waals surface area contributed by atoms with Gasteiger partial charge in [0.05, 0.1) is 6.61 Å². The van der Waals surface area contributed by atoms with Gasteiger partial charge in [-0.3, -0.25) is 0 Å². The summed E-state index contributed by atoms with van der Waals surface area (Å²) in [5.74, 6) is 0.678. The van der Waals surface area contributed by atoms with Gasteiger partial charge in [-0.25, -0.2) is 0 Å². The smallest absolute Gasteiger partial charge is 0.0509 e. The molecule has 0 aliphatic carbocycles. The Hall–Kier alpha value is -0.860. The van der Waals surface area contributed by atoms with Crippen molar-refractivity contribution in [3.8, 4) is 0 Å². The molecule has 2 heteroatoms. The lowest BCUT2D eigenvalue weighted by Crippen LogP contribution is -2.33. The molecule has 1 aromatic carbocycles. The third-order valence-corrected chi connectivity index (χ3v) is 4.24. The molecule has 1 aliphatic heterocycles. The minimum atomic E-state index is 0.536. The zero-order valence-corrected chi connectivity index (χ0v) is 12.0. The summed E-state index contributed by atoms with van der Waals surface area (Å²) in [6.07, 6.45) is 1.19. The summed E-state index contributed by atoms with van der Waals surface area (Å²) in [7, 11) is 0. The van der Waals surface area contributed by atoms with Gasteiger partial charge in [-0.05, 0) is 62.3 Å². The van der Waals surface area contributed by atoms with E-state index in [1.165, 1.54) is 28.7 Å². The van der Waals surface area contributed by atoms with Crippen LogP contribution in [0.1, 0.15) is 35.6 Å². The summed E-state index contributed by atoms with van der Waals surface area (Å²) in [6, 6.07) is 5.14. The van der Waals surface area contributed by atoms with Crippen LogP contribution in [0, 0.1) is 26.7 Å². The van der Waals surface area contributed by atoms with Crippen molar-refractivity contribution in [2.75, 3.05) is 13.2 Å². The van der Waals surface area contributed by atoms with Crippen LogP contribution >= 0.6 is 0 Å². The highest BCUT2D eigenvalue weighted by molar-refractivity contribution is 5.36. The van der Waals surface area contributed by atoms with Crippen LogP contribution in [0.3, 0.4) is 0 Å². The summed E-state index contributed by atoms with van der Waals surface area (Å²) in [6.45, 7) is 11.6. The molecule has 2 rings (SSSR count). The molecule has 0 bridgehead atoms. The number of aryl methyl sites for hydroxylation is 3. The molecule has 1 aliphatic rings. The highest BCUT2D eigenvalue weighted by atomic mass is 16.5. The molecule has 100 valence electrons. The van der Waals surface area contributed by atoms with Gasteiger partial charge in [-0.1, -0.05) is 12.1 Å². The van der Waals surface area contributed by atoms with E-state index in [4.69, 9.17) is 4.74 Å². The summed E-state index contributed by atoms with van der Waals surface area (Å²) >= 11 is 0. The van der Waals surface area contributed by atoms with Crippen LogP contribution in [0.5, 0.6) is 0 Å². The van der Waals surface area contributed by atoms with Gasteiger partial charge in [0.2, 0.25) is 0 Å². The van der Waals surface area contributed by atoms with Gasteiger partial charge in [0.1, 0.15) is 0 Å². The van der Waals surface area contributed by atoms with Crippen LogP contribution in [0.2, 0.25) is 0 Å². The first kappa shape index (κ1) is 13.6. The van der Waals surface area contributed by atoms with Gasteiger partial charge >= 0.3 is 0 Å². The molecule has 0 spiro atoms. The molecule has 0 aromatic heterocycles. The summed E-state index contributed by atoms with van der Waals surface area (Å²) in [5, 5.41) is 3.65. The van der Waals surface area contributed by atoms with Gasteiger partial charge in [0, 0.05) is 19.2 Å². The molecule has 0 amide bonds. The molecule has 1 aromatic rings. The van der Waals surface area contributed by atoms with E-state index in [9.17, 15) is 0 Å². The second-order valence-corrected chi connectivity index (χ2v) is 5.66. The Morgan fingerprint density at radius 3 is 2.61 bits per heavy atom. The molecule has 1 saturated heterocycles. The van der Waals surface area contributed by atoms with Crippen LogP contribution in [0.15, 0.2) is 12.1 Å². The molecule has 1 fully saturated rings. The maximum Gasteiger partial charge on any atom is 0.0509 e. The maximum absolute atomic E-state index is 5.45. The van der Waals surface area contributed by atoms with Gasteiger partial charge < -0.3 is 10.1 Å². The lowest BCUT2D eigenvalue weighted by molar-refractivity contribution is 0.178. The SMILES string of the molecule is Cc1cc(C)c(CNC(C)C2CCOC2)cc1C. The standard InChI is InChI=1S/C16H25NO/c1-11-7-13(3)16(8-12(11)2)9-17-14(4)15-5-6-18-10-15/h7-8,14-15,17H,5-6,9-10H2,1-4H3. The average molecular weight is 247 g/mol. The van der Waals surface area contributed by atoms with Crippen LogP contribution in [-0.4, -0.2) is 19.3 Å². The molecule has 0 saturated carbocycles. The molecule has 18 heavy (non-hydrogen) atoms. The van der Waals surface area contributed by atoms with Crippen molar-refractivity contribution < 1.29 is 4.74 Å². The number of hydrogen-bond acceptors (Lipinski definition) is 2. The average Bonchev–Trinajstić information content (AvgIpc) is 2.85. The topological polar surface area (TPSA) is 21.3 Å². The van der Waals surface area contributed by atoms with Crippen molar-refractivity contribution >= 4 is 0 Å². The van der Waals surface area contributed by atoms with Gasteiger partial charge in [0.25, 0.3) is 0 Å². The first-order valence-electron chi connectivity index (χ1n) is 6.96. The van der Waals surface area contributed by atoms with Crippen molar-refractivity contribution in [3.63, 3.8) is 0 Å². The van der Waals surface area contributed by atoms with Crippen LogP contribution in [0.4, 0.5) is 0 Å². The van der Waals surface area contributed by atoms with E-state index in [-0.39, 0.29) is 0 Å². The first-order valence-corrected chi connectivity index (χ1v) is 6.96. The van der Waals surface area contributed by atoms with E-state index in [1.807, 2.05) is 0 Å². The maximum atomic E-state index is 5.45. The monoisotopic (exact) mass is 247 g/mol. The lowest BCUT2D eigenvalue weighted by Gasteiger charge is -2.20. The number of nitrogens with one attached hydrogen (secondary N) is 1. The fourth-order valence-electron chi connectivity index (χ4n) is 2.60. The van der Waals surface area contributed by atoms with Crippen molar-refractivity contribution in [3.05, 3.63) is 34.4 Å². The Kier molecular flexibility index (Phi) is 4.41. The predicted molar refractivity (Wildman–Crippen MR) is 75.9 cm³/mol. The minimum Gasteiger partial charge on any atom is -0.381 e. The zero-order chi connectivity index (χ0) is 13.1. The molecular weight excluding hydrogens is 222 g/mol. The number of ether oxygens (including phenoxy) is 1. The van der Waals surface area contributed by atoms with Crippen molar-refractivity contribution in [1.82, 2.24) is 5.32 Å². The Bertz CT molecular complexity index is 408. The number of hydrogen-bond donors (Lipinski definition) is 1. The summed E-state index contributed by atoms with van der Waals surface area (Å²) in [4.78, 5) is 0. The van der Waals surface area contributed by atoms with E-state index < -0.39 is 0 Å².